The molecule has 0 spiro atoms. The van der Waals surface area contributed by atoms with Crippen molar-refractivity contribution >= 4 is 17.5 Å². The number of hydrogen-bond donors (Lipinski definition) is 2. The van der Waals surface area contributed by atoms with E-state index in [4.69, 9.17) is 9.15 Å². The van der Waals surface area contributed by atoms with Crippen molar-refractivity contribution in [1.29, 1.82) is 0 Å². The maximum atomic E-state index is 12.5. The first-order valence-corrected chi connectivity index (χ1v) is 8.47. The molecule has 6 heteroatoms. The number of amides is 2. The van der Waals surface area contributed by atoms with Crippen LogP contribution < -0.4 is 15.4 Å². The number of methoxy groups -OCH3 is 1. The smallest absolute Gasteiger partial charge is 0.291 e. The van der Waals surface area contributed by atoms with Crippen LogP contribution in [0, 0.1) is 0 Å². The van der Waals surface area contributed by atoms with Gasteiger partial charge in [0.15, 0.2) is 5.76 Å². The van der Waals surface area contributed by atoms with Gasteiger partial charge in [-0.25, -0.2) is 0 Å². The van der Waals surface area contributed by atoms with Crippen molar-refractivity contribution in [3.8, 4) is 5.75 Å². The summed E-state index contributed by atoms with van der Waals surface area (Å²) in [4.78, 5) is 24.5. The number of ether oxygens (including phenoxy) is 1. The fourth-order valence-electron chi connectivity index (χ4n) is 2.69. The van der Waals surface area contributed by atoms with Crippen LogP contribution in [0.1, 0.15) is 39.4 Å². The van der Waals surface area contributed by atoms with Gasteiger partial charge >= 0.3 is 0 Å². The molecule has 0 radical (unpaired) electrons. The molecule has 0 aliphatic rings. The minimum absolute atomic E-state index is 0.211. The molecule has 3 aromatic rings. The molecule has 0 saturated carbocycles. The molecule has 0 aliphatic heterocycles. The highest BCUT2D eigenvalue weighted by molar-refractivity contribution is 6.02. The number of hydrogen-bond acceptors (Lipinski definition) is 4. The van der Waals surface area contributed by atoms with Crippen molar-refractivity contribution in [2.75, 3.05) is 12.4 Å². The van der Waals surface area contributed by atoms with Crippen molar-refractivity contribution in [2.45, 2.75) is 13.0 Å². The summed E-state index contributed by atoms with van der Waals surface area (Å²) in [5, 5.41) is 5.66. The standard InChI is InChI=1S/C21H20N2O4/c1-14(17-6-3-4-7-18(17)26-2)22-20(24)15-9-11-16(12-10-15)23-21(25)19-8-5-13-27-19/h3-14H,1-2H3,(H,22,24)(H,23,25). The number of anilines is 1. The van der Waals surface area contributed by atoms with Crippen LogP contribution in [0.5, 0.6) is 5.75 Å². The van der Waals surface area contributed by atoms with E-state index in [1.54, 1.807) is 43.5 Å². The van der Waals surface area contributed by atoms with Crippen molar-refractivity contribution in [1.82, 2.24) is 5.32 Å². The third-order valence-electron chi connectivity index (χ3n) is 4.10. The monoisotopic (exact) mass is 364 g/mol. The van der Waals surface area contributed by atoms with E-state index in [1.165, 1.54) is 6.26 Å². The number of benzene rings is 2. The quantitative estimate of drug-likeness (QED) is 0.692. The Kier molecular flexibility index (Phi) is 5.56. The predicted octanol–water partition coefficient (Wildman–Crippen LogP) is 4.03. The first-order valence-electron chi connectivity index (χ1n) is 8.47. The molecule has 0 saturated heterocycles. The molecule has 1 aromatic heterocycles. The molecule has 138 valence electrons. The number of para-hydroxylation sites is 1. The first kappa shape index (κ1) is 18.3. The average molecular weight is 364 g/mol. The summed E-state index contributed by atoms with van der Waals surface area (Å²) in [6.07, 6.45) is 1.44. The highest BCUT2D eigenvalue weighted by Gasteiger charge is 2.15. The molecule has 2 N–H and O–H groups in total. The van der Waals surface area contributed by atoms with Gasteiger partial charge in [-0.05, 0) is 49.4 Å². The van der Waals surface area contributed by atoms with Crippen molar-refractivity contribution in [3.63, 3.8) is 0 Å². The normalized spacial score (nSPS) is 11.5. The Labute approximate surface area is 157 Å². The Bertz CT molecular complexity index is 918. The Morgan fingerprint density at radius 3 is 2.37 bits per heavy atom. The molecule has 0 fully saturated rings. The molecule has 0 bridgehead atoms. The maximum absolute atomic E-state index is 12.5. The summed E-state index contributed by atoms with van der Waals surface area (Å²) in [5.41, 5.74) is 1.97. The van der Waals surface area contributed by atoms with E-state index >= 15 is 0 Å². The SMILES string of the molecule is COc1ccccc1C(C)NC(=O)c1ccc(NC(=O)c2ccco2)cc1. The minimum atomic E-state index is -0.345. The van der Waals surface area contributed by atoms with Crippen LogP contribution in [0.15, 0.2) is 71.3 Å². The van der Waals surface area contributed by atoms with Crippen LogP contribution in [0.4, 0.5) is 5.69 Å². The number of carbonyl (C=O) groups is 2. The number of furan rings is 1. The van der Waals surface area contributed by atoms with Crippen molar-refractivity contribution < 1.29 is 18.7 Å². The minimum Gasteiger partial charge on any atom is -0.496 e. The summed E-state index contributed by atoms with van der Waals surface area (Å²) in [6.45, 7) is 1.90. The molecule has 2 amide bonds. The molecular formula is C21H20N2O4. The van der Waals surface area contributed by atoms with E-state index < -0.39 is 0 Å². The van der Waals surface area contributed by atoms with Gasteiger partial charge in [0, 0.05) is 16.8 Å². The zero-order valence-electron chi connectivity index (χ0n) is 15.1. The van der Waals surface area contributed by atoms with Crippen LogP contribution in [-0.4, -0.2) is 18.9 Å². The largest absolute Gasteiger partial charge is 0.496 e. The van der Waals surface area contributed by atoms with Crippen LogP contribution in [0.2, 0.25) is 0 Å². The maximum Gasteiger partial charge on any atom is 0.291 e. The van der Waals surface area contributed by atoms with Crippen molar-refractivity contribution in [2.24, 2.45) is 0 Å². The average Bonchev–Trinajstić information content (AvgIpc) is 3.23. The summed E-state index contributed by atoms with van der Waals surface area (Å²) in [7, 11) is 1.60. The lowest BCUT2D eigenvalue weighted by Gasteiger charge is -2.17. The summed E-state index contributed by atoms with van der Waals surface area (Å²) in [6, 6.07) is 17.2. The van der Waals surface area contributed by atoms with Crippen LogP contribution >= 0.6 is 0 Å². The number of nitrogens with one attached hydrogen (secondary N) is 2. The van der Waals surface area contributed by atoms with E-state index in [9.17, 15) is 9.59 Å². The Balaban J connectivity index is 1.64. The molecular weight excluding hydrogens is 344 g/mol. The van der Waals surface area contributed by atoms with E-state index in [0.717, 1.165) is 11.3 Å². The molecule has 3 rings (SSSR count). The fourth-order valence-corrected chi connectivity index (χ4v) is 2.69. The second-order valence-electron chi connectivity index (χ2n) is 5.95. The Morgan fingerprint density at radius 1 is 0.963 bits per heavy atom. The lowest BCUT2D eigenvalue weighted by Crippen LogP contribution is -2.26. The van der Waals surface area contributed by atoms with Crippen molar-refractivity contribution in [3.05, 3.63) is 83.8 Å². The van der Waals surface area contributed by atoms with Gasteiger partial charge in [0.2, 0.25) is 0 Å². The zero-order chi connectivity index (χ0) is 19.2. The molecule has 1 unspecified atom stereocenters. The highest BCUT2D eigenvalue weighted by Crippen LogP contribution is 2.24. The van der Waals surface area contributed by atoms with Gasteiger partial charge in [0.05, 0.1) is 19.4 Å². The second kappa shape index (κ2) is 8.23. The van der Waals surface area contributed by atoms with Gasteiger partial charge in [-0.1, -0.05) is 18.2 Å². The number of rotatable bonds is 6. The van der Waals surface area contributed by atoms with E-state index in [2.05, 4.69) is 10.6 Å². The van der Waals surface area contributed by atoms with Crippen LogP contribution in [-0.2, 0) is 0 Å². The second-order valence-corrected chi connectivity index (χ2v) is 5.95. The summed E-state index contributed by atoms with van der Waals surface area (Å²) >= 11 is 0. The van der Waals surface area contributed by atoms with Gasteiger partial charge in [-0.3, -0.25) is 9.59 Å². The van der Waals surface area contributed by atoms with Gasteiger partial charge in [-0.2, -0.15) is 0 Å². The van der Waals surface area contributed by atoms with Gasteiger partial charge in [-0.15, -0.1) is 0 Å². The third kappa shape index (κ3) is 4.36. The molecule has 0 aliphatic carbocycles. The zero-order valence-corrected chi connectivity index (χ0v) is 15.1. The molecule has 6 nitrogen and oxygen atoms in total. The van der Waals surface area contributed by atoms with Gasteiger partial charge in [0.1, 0.15) is 5.75 Å². The Hall–Kier alpha value is -3.54. The van der Waals surface area contributed by atoms with Gasteiger partial charge in [0.25, 0.3) is 11.8 Å². The van der Waals surface area contributed by atoms with Crippen LogP contribution in [0.3, 0.4) is 0 Å². The lowest BCUT2D eigenvalue weighted by molar-refractivity contribution is 0.0938. The predicted molar refractivity (Wildman–Crippen MR) is 102 cm³/mol. The highest BCUT2D eigenvalue weighted by atomic mass is 16.5. The molecule has 2 aromatic carbocycles. The molecule has 27 heavy (non-hydrogen) atoms. The first-order chi connectivity index (χ1) is 13.1. The topological polar surface area (TPSA) is 80.6 Å². The fraction of sp³-hybridized carbons (Fsp3) is 0.143. The summed E-state index contributed by atoms with van der Waals surface area (Å²) in [5.74, 6) is 0.392. The summed E-state index contributed by atoms with van der Waals surface area (Å²) < 4.78 is 10.4. The van der Waals surface area contributed by atoms with E-state index in [1.807, 2.05) is 31.2 Å². The van der Waals surface area contributed by atoms with Crippen LogP contribution in [0.25, 0.3) is 0 Å². The molecule has 1 heterocycles. The third-order valence-corrected chi connectivity index (χ3v) is 4.10. The Morgan fingerprint density at radius 2 is 1.70 bits per heavy atom. The molecule has 1 atom stereocenters. The number of carbonyl (C=O) groups excluding carboxylic acids is 2. The van der Waals surface area contributed by atoms with E-state index in [-0.39, 0.29) is 23.6 Å². The lowest BCUT2D eigenvalue weighted by atomic mass is 10.1. The van der Waals surface area contributed by atoms with E-state index in [0.29, 0.717) is 11.3 Å². The van der Waals surface area contributed by atoms with Gasteiger partial charge < -0.3 is 19.8 Å².